The van der Waals surface area contributed by atoms with Gasteiger partial charge in [0.25, 0.3) is 11.6 Å². The number of rotatable bonds is 8. The minimum atomic E-state index is -0.572. The number of nitrogens with zero attached hydrogens (tertiary/aromatic N) is 3. The summed E-state index contributed by atoms with van der Waals surface area (Å²) < 4.78 is 6.49. The first kappa shape index (κ1) is 20.8. The number of non-ortho nitro benzene ring substituents is 1. The van der Waals surface area contributed by atoms with Gasteiger partial charge in [0, 0.05) is 30.3 Å². The van der Waals surface area contributed by atoms with Gasteiger partial charge in [0.15, 0.2) is 3.95 Å². The van der Waals surface area contributed by atoms with Crippen molar-refractivity contribution in [3.63, 3.8) is 0 Å². The molecule has 0 unspecified atom stereocenters. The molecule has 0 fully saturated rings. The summed E-state index contributed by atoms with van der Waals surface area (Å²) in [6.45, 7) is 0.419. The van der Waals surface area contributed by atoms with Gasteiger partial charge in [-0.25, -0.2) is 4.99 Å². The van der Waals surface area contributed by atoms with Crippen molar-refractivity contribution in [3.05, 3.63) is 47.7 Å². The highest BCUT2D eigenvalue weighted by atomic mass is 32.1. The lowest BCUT2D eigenvalue weighted by Crippen LogP contribution is -2.23. The number of methoxy groups -OCH3 is 1. The van der Waals surface area contributed by atoms with E-state index in [2.05, 4.69) is 9.73 Å². The Morgan fingerprint density at radius 2 is 2.14 bits per heavy atom. The second kappa shape index (κ2) is 8.62. The van der Waals surface area contributed by atoms with Gasteiger partial charge in [-0.3, -0.25) is 24.3 Å². The Hall–Kier alpha value is -2.92. The van der Waals surface area contributed by atoms with Crippen molar-refractivity contribution in [1.29, 1.82) is 0 Å². The topological polar surface area (TPSA) is 124 Å². The number of carbonyl (C=O) groups is 2. The molecule has 0 atom stereocenters. The second-order valence-electron chi connectivity index (χ2n) is 6.31. The van der Waals surface area contributed by atoms with E-state index in [0.717, 1.165) is 17.8 Å². The van der Waals surface area contributed by atoms with Gasteiger partial charge in [-0.1, -0.05) is 6.42 Å². The Bertz CT molecular complexity index is 1180. The highest BCUT2D eigenvalue weighted by Crippen LogP contribution is 2.33. The molecule has 152 valence electrons. The number of hydrogen-bond donors (Lipinski definition) is 1. The zero-order valence-corrected chi connectivity index (χ0v) is 17.0. The van der Waals surface area contributed by atoms with Gasteiger partial charge in [-0.2, -0.15) is 0 Å². The minimum Gasteiger partial charge on any atom is -0.493 e. The van der Waals surface area contributed by atoms with Crippen LogP contribution >= 0.6 is 23.6 Å². The molecule has 11 heteroatoms. The summed E-state index contributed by atoms with van der Waals surface area (Å²) in [5.74, 6) is -1.00. The van der Waals surface area contributed by atoms with Crippen molar-refractivity contribution < 1.29 is 24.4 Å². The van der Waals surface area contributed by atoms with Crippen LogP contribution in [0.3, 0.4) is 0 Å². The van der Waals surface area contributed by atoms with E-state index >= 15 is 0 Å². The SMILES string of the molecule is COC(=O)CCCCCn1c(O)c(C2=c3cc([N+](=O)[O-])ccc3=NC2=O)sc1=S. The molecule has 2 heterocycles. The lowest BCUT2D eigenvalue weighted by molar-refractivity contribution is -0.385. The van der Waals surface area contributed by atoms with E-state index in [1.165, 1.54) is 29.9 Å². The normalized spacial score (nSPS) is 12.6. The summed E-state index contributed by atoms with van der Waals surface area (Å²) in [6.07, 6.45) is 2.39. The number of aromatic nitrogens is 1. The second-order valence-corrected chi connectivity index (χ2v) is 7.95. The molecule has 0 saturated heterocycles. The molecule has 1 N–H and O–H groups in total. The van der Waals surface area contributed by atoms with E-state index in [4.69, 9.17) is 12.2 Å². The number of nitro groups is 1. The number of nitro benzene ring substituents is 1. The summed E-state index contributed by atoms with van der Waals surface area (Å²) in [6, 6.07) is 3.96. The third kappa shape index (κ3) is 4.25. The van der Waals surface area contributed by atoms with Crippen LogP contribution in [0.15, 0.2) is 23.2 Å². The quantitative estimate of drug-likeness (QED) is 0.221. The molecule has 0 saturated carbocycles. The highest BCUT2D eigenvalue weighted by molar-refractivity contribution is 7.73. The Morgan fingerprint density at radius 3 is 2.83 bits per heavy atom. The first-order valence-corrected chi connectivity index (χ1v) is 9.97. The van der Waals surface area contributed by atoms with Crippen LogP contribution in [0, 0.1) is 14.1 Å². The number of aromatic hydroxyl groups is 1. The molecule has 1 amide bonds. The predicted molar refractivity (Wildman–Crippen MR) is 107 cm³/mol. The highest BCUT2D eigenvalue weighted by Gasteiger charge is 2.26. The van der Waals surface area contributed by atoms with Gasteiger partial charge in [0.05, 0.1) is 23.0 Å². The Kier molecular flexibility index (Phi) is 6.18. The number of esters is 1. The summed E-state index contributed by atoms with van der Waals surface area (Å²) in [4.78, 5) is 38.2. The molecule has 1 aromatic heterocycles. The van der Waals surface area contributed by atoms with Crippen LogP contribution in [0.2, 0.25) is 0 Å². The van der Waals surface area contributed by atoms with E-state index in [1.54, 1.807) is 0 Å². The smallest absolute Gasteiger partial charge is 0.305 e. The van der Waals surface area contributed by atoms with Crippen LogP contribution in [-0.4, -0.2) is 33.6 Å². The molecule has 3 rings (SSSR count). The maximum Gasteiger partial charge on any atom is 0.305 e. The third-order valence-corrected chi connectivity index (χ3v) is 5.94. The number of ether oxygens (including phenoxy) is 1. The average Bonchev–Trinajstić information content (AvgIpc) is 3.15. The summed E-state index contributed by atoms with van der Waals surface area (Å²) >= 11 is 6.38. The molecule has 0 aliphatic carbocycles. The summed E-state index contributed by atoms with van der Waals surface area (Å²) in [5.41, 5.74) is -0.0546. The molecule has 0 bridgehead atoms. The number of unbranched alkanes of at least 4 members (excludes halogenated alkanes) is 2. The molecule has 1 aliphatic heterocycles. The van der Waals surface area contributed by atoms with Crippen molar-refractivity contribution in [2.75, 3.05) is 7.11 Å². The molecular weight excluding hydrogens is 418 g/mol. The standard InChI is InChI=1S/C18H17N3O6S2/c1-27-13(22)5-3-2-4-8-20-17(24)15(29-18(20)28)14-11-9-10(21(25)26)6-7-12(11)19-16(14)23/h6-7,9,24H,2-5,8H2,1H3. The monoisotopic (exact) mass is 435 g/mol. The fourth-order valence-corrected chi connectivity index (χ4v) is 4.40. The van der Waals surface area contributed by atoms with E-state index in [1.807, 2.05) is 0 Å². The number of thiazole rings is 1. The molecule has 0 spiro atoms. The summed E-state index contributed by atoms with van der Waals surface area (Å²) in [5, 5.41) is 22.4. The zero-order valence-electron chi connectivity index (χ0n) is 15.4. The van der Waals surface area contributed by atoms with Crippen LogP contribution in [0.25, 0.3) is 5.57 Å². The molecular formula is C18H17N3O6S2. The molecule has 29 heavy (non-hydrogen) atoms. The number of fused-ring (bicyclic) bond motifs is 1. The van der Waals surface area contributed by atoms with Crippen LogP contribution in [-0.2, 0) is 20.9 Å². The average molecular weight is 435 g/mol. The molecule has 1 aliphatic rings. The van der Waals surface area contributed by atoms with E-state index in [0.29, 0.717) is 40.3 Å². The third-order valence-electron chi connectivity index (χ3n) is 4.48. The van der Waals surface area contributed by atoms with Gasteiger partial charge in [-0.05, 0) is 31.1 Å². The van der Waals surface area contributed by atoms with Gasteiger partial charge in [-0.15, -0.1) is 11.3 Å². The Labute approximate surface area is 173 Å². The largest absolute Gasteiger partial charge is 0.493 e. The number of benzene rings is 1. The molecule has 9 nitrogen and oxygen atoms in total. The number of carbonyl (C=O) groups excluding carboxylic acids is 2. The van der Waals surface area contributed by atoms with E-state index in [-0.39, 0.29) is 28.0 Å². The molecule has 2 aromatic rings. The van der Waals surface area contributed by atoms with Crippen LogP contribution in [0.1, 0.15) is 30.6 Å². The van der Waals surface area contributed by atoms with Crippen molar-refractivity contribution in [2.24, 2.45) is 4.99 Å². The van der Waals surface area contributed by atoms with Crippen molar-refractivity contribution in [3.8, 4) is 5.88 Å². The van der Waals surface area contributed by atoms with Crippen LogP contribution in [0.4, 0.5) is 5.69 Å². The minimum absolute atomic E-state index is 0.113. The van der Waals surface area contributed by atoms with Crippen molar-refractivity contribution in [1.82, 2.24) is 4.57 Å². The maximum atomic E-state index is 12.4. The van der Waals surface area contributed by atoms with Gasteiger partial charge < -0.3 is 9.84 Å². The predicted octanol–water partition coefficient (Wildman–Crippen LogP) is 1.99. The number of hydrogen-bond acceptors (Lipinski definition) is 8. The molecule has 0 radical (unpaired) electrons. The van der Waals surface area contributed by atoms with Crippen molar-refractivity contribution in [2.45, 2.75) is 32.2 Å². The fourth-order valence-electron chi connectivity index (χ4n) is 3.01. The van der Waals surface area contributed by atoms with E-state index < -0.39 is 10.8 Å². The van der Waals surface area contributed by atoms with Crippen LogP contribution < -0.4 is 10.6 Å². The zero-order chi connectivity index (χ0) is 21.1. The lowest BCUT2D eigenvalue weighted by Gasteiger charge is -2.05. The van der Waals surface area contributed by atoms with Gasteiger partial charge >= 0.3 is 5.97 Å². The van der Waals surface area contributed by atoms with Gasteiger partial charge in [0.2, 0.25) is 5.88 Å². The first-order valence-electron chi connectivity index (χ1n) is 8.75. The number of amides is 1. The first-order chi connectivity index (χ1) is 13.8. The lowest BCUT2D eigenvalue weighted by atomic mass is 10.1. The Morgan fingerprint density at radius 1 is 1.38 bits per heavy atom. The van der Waals surface area contributed by atoms with Crippen LogP contribution in [0.5, 0.6) is 5.88 Å². The summed E-state index contributed by atoms with van der Waals surface area (Å²) in [7, 11) is 1.34. The fraction of sp³-hybridized carbons (Fsp3) is 0.333. The molecule has 1 aromatic carbocycles. The van der Waals surface area contributed by atoms with Crippen molar-refractivity contribution >= 4 is 46.7 Å². The Balaban J connectivity index is 1.89. The maximum absolute atomic E-state index is 12.4. The van der Waals surface area contributed by atoms with Gasteiger partial charge in [0.1, 0.15) is 4.88 Å². The van der Waals surface area contributed by atoms with E-state index in [9.17, 15) is 24.8 Å².